The Bertz CT molecular complexity index is 231. The maximum atomic E-state index is 11.9. The van der Waals surface area contributed by atoms with Crippen molar-refractivity contribution in [3.05, 3.63) is 12.7 Å². The molecule has 2 nitrogen and oxygen atoms in total. The molecule has 0 radical (unpaired) electrons. The number of amides is 1. The summed E-state index contributed by atoms with van der Waals surface area (Å²) in [5.41, 5.74) is 0. The summed E-state index contributed by atoms with van der Waals surface area (Å²) in [5, 5.41) is 2.56. The zero-order chi connectivity index (χ0) is 10.8. The van der Waals surface area contributed by atoms with Crippen LogP contribution in [0.15, 0.2) is 12.7 Å². The highest BCUT2D eigenvalue weighted by molar-refractivity contribution is 5.87. The summed E-state index contributed by atoms with van der Waals surface area (Å²) in [6.07, 6.45) is -2.87. The second-order valence-corrected chi connectivity index (χ2v) is 3.57. The number of carbonyl (C=O) groups is 1. The van der Waals surface area contributed by atoms with Crippen molar-refractivity contribution in [3.63, 3.8) is 0 Å². The summed E-state index contributed by atoms with van der Waals surface area (Å²) < 4.78 is 35.6. The van der Waals surface area contributed by atoms with Crippen molar-refractivity contribution in [3.8, 4) is 0 Å². The van der Waals surface area contributed by atoms with Crippen molar-refractivity contribution >= 4 is 5.91 Å². The van der Waals surface area contributed by atoms with Crippen LogP contribution in [0.2, 0.25) is 0 Å². The molecule has 1 aliphatic rings. The van der Waals surface area contributed by atoms with Crippen LogP contribution >= 0.6 is 0 Å². The molecule has 14 heavy (non-hydrogen) atoms. The van der Waals surface area contributed by atoms with Crippen molar-refractivity contribution < 1.29 is 18.0 Å². The van der Waals surface area contributed by atoms with Crippen LogP contribution in [0.5, 0.6) is 0 Å². The van der Waals surface area contributed by atoms with E-state index in [0.29, 0.717) is 12.8 Å². The van der Waals surface area contributed by atoms with E-state index in [4.69, 9.17) is 0 Å². The Balaban J connectivity index is 2.18. The van der Waals surface area contributed by atoms with Crippen LogP contribution < -0.4 is 5.32 Å². The van der Waals surface area contributed by atoms with Gasteiger partial charge in [-0.15, -0.1) is 0 Å². The topological polar surface area (TPSA) is 29.1 Å². The van der Waals surface area contributed by atoms with Gasteiger partial charge in [-0.3, -0.25) is 4.79 Å². The standard InChI is InChI=1S/C9H12F3NO/c1-2-8(14)13-7-3-6(4-7)5-9(10,11)12/h2,6-7H,1,3-5H2,(H,13,14). The first-order valence-electron chi connectivity index (χ1n) is 4.40. The molecule has 0 unspecified atom stereocenters. The molecule has 0 bridgehead atoms. The lowest BCUT2D eigenvalue weighted by Crippen LogP contribution is -2.44. The smallest absolute Gasteiger partial charge is 0.350 e. The molecule has 0 atom stereocenters. The Morgan fingerprint density at radius 2 is 2.07 bits per heavy atom. The van der Waals surface area contributed by atoms with Crippen LogP contribution in [0.1, 0.15) is 19.3 Å². The first-order chi connectivity index (χ1) is 6.40. The van der Waals surface area contributed by atoms with E-state index < -0.39 is 12.6 Å². The van der Waals surface area contributed by atoms with Gasteiger partial charge < -0.3 is 5.32 Å². The van der Waals surface area contributed by atoms with Gasteiger partial charge in [0.25, 0.3) is 0 Å². The molecule has 1 rings (SSSR count). The lowest BCUT2D eigenvalue weighted by Gasteiger charge is -2.35. The molecular formula is C9H12F3NO. The van der Waals surface area contributed by atoms with Gasteiger partial charge in [0.05, 0.1) is 0 Å². The molecule has 1 N–H and O–H groups in total. The Morgan fingerprint density at radius 1 is 1.50 bits per heavy atom. The number of alkyl halides is 3. The summed E-state index contributed by atoms with van der Waals surface area (Å²) in [4.78, 5) is 10.8. The summed E-state index contributed by atoms with van der Waals surface area (Å²) in [5.74, 6) is -0.648. The maximum Gasteiger partial charge on any atom is 0.389 e. The molecule has 1 aliphatic carbocycles. The quantitative estimate of drug-likeness (QED) is 0.705. The fourth-order valence-electron chi connectivity index (χ4n) is 1.61. The van der Waals surface area contributed by atoms with Crippen LogP contribution in [0.25, 0.3) is 0 Å². The highest BCUT2D eigenvalue weighted by atomic mass is 19.4. The molecule has 1 saturated carbocycles. The third-order valence-corrected chi connectivity index (χ3v) is 2.29. The molecule has 0 spiro atoms. The van der Waals surface area contributed by atoms with Crippen LogP contribution in [-0.2, 0) is 4.79 Å². The number of hydrogen-bond acceptors (Lipinski definition) is 1. The normalized spacial score (nSPS) is 26.5. The van der Waals surface area contributed by atoms with Crippen molar-refractivity contribution in [1.82, 2.24) is 5.32 Å². The fourth-order valence-corrected chi connectivity index (χ4v) is 1.61. The molecule has 1 amide bonds. The van der Waals surface area contributed by atoms with E-state index in [0.717, 1.165) is 6.08 Å². The molecule has 80 valence electrons. The highest BCUT2D eigenvalue weighted by Gasteiger charge is 2.39. The molecule has 0 aromatic carbocycles. The third kappa shape index (κ3) is 3.40. The van der Waals surface area contributed by atoms with Gasteiger partial charge in [0.2, 0.25) is 5.91 Å². The molecule has 0 aromatic rings. The summed E-state index contributed by atoms with van der Waals surface area (Å²) in [7, 11) is 0. The van der Waals surface area contributed by atoms with E-state index in [1.54, 1.807) is 0 Å². The average Bonchev–Trinajstić information content (AvgIpc) is 1.97. The highest BCUT2D eigenvalue weighted by Crippen LogP contribution is 2.37. The van der Waals surface area contributed by atoms with E-state index >= 15 is 0 Å². The largest absolute Gasteiger partial charge is 0.389 e. The molecule has 1 fully saturated rings. The predicted octanol–water partition coefficient (Wildman–Crippen LogP) is 2.02. The summed E-state index contributed by atoms with van der Waals surface area (Å²) in [6, 6.07) is -0.104. The van der Waals surface area contributed by atoms with Crippen molar-refractivity contribution in [2.75, 3.05) is 0 Å². The minimum atomic E-state index is -4.09. The van der Waals surface area contributed by atoms with Gasteiger partial charge in [0.15, 0.2) is 0 Å². The molecule has 0 aliphatic heterocycles. The molecular weight excluding hydrogens is 195 g/mol. The molecule has 0 saturated heterocycles. The Hall–Kier alpha value is -1.00. The second-order valence-electron chi connectivity index (χ2n) is 3.57. The lowest BCUT2D eigenvalue weighted by molar-refractivity contribution is -0.151. The van der Waals surface area contributed by atoms with Crippen molar-refractivity contribution in [2.24, 2.45) is 5.92 Å². The SMILES string of the molecule is C=CC(=O)NC1CC(CC(F)(F)F)C1. The summed E-state index contributed by atoms with van der Waals surface area (Å²) in [6.45, 7) is 3.26. The zero-order valence-corrected chi connectivity index (χ0v) is 7.60. The Morgan fingerprint density at radius 3 is 2.50 bits per heavy atom. The number of rotatable bonds is 3. The molecule has 0 heterocycles. The zero-order valence-electron chi connectivity index (χ0n) is 7.60. The van der Waals surface area contributed by atoms with Gasteiger partial charge in [-0.05, 0) is 24.8 Å². The van der Waals surface area contributed by atoms with Gasteiger partial charge in [-0.2, -0.15) is 13.2 Å². The fraction of sp³-hybridized carbons (Fsp3) is 0.667. The number of nitrogens with one attached hydrogen (secondary N) is 1. The number of halogens is 3. The molecule has 5 heteroatoms. The second kappa shape index (κ2) is 4.02. The number of hydrogen-bond donors (Lipinski definition) is 1. The minimum absolute atomic E-state index is 0.104. The predicted molar refractivity (Wildman–Crippen MR) is 45.5 cm³/mol. The average molecular weight is 207 g/mol. The minimum Gasteiger partial charge on any atom is -0.350 e. The van der Waals surface area contributed by atoms with Crippen LogP contribution in [0.4, 0.5) is 13.2 Å². The summed E-state index contributed by atoms with van der Waals surface area (Å²) >= 11 is 0. The van der Waals surface area contributed by atoms with Gasteiger partial charge in [-0.1, -0.05) is 6.58 Å². The van der Waals surface area contributed by atoms with E-state index in [-0.39, 0.29) is 17.9 Å². The van der Waals surface area contributed by atoms with E-state index in [9.17, 15) is 18.0 Å². The maximum absolute atomic E-state index is 11.9. The Labute approximate surface area is 80.2 Å². The van der Waals surface area contributed by atoms with Crippen molar-refractivity contribution in [1.29, 1.82) is 0 Å². The van der Waals surface area contributed by atoms with Gasteiger partial charge in [0, 0.05) is 12.5 Å². The van der Waals surface area contributed by atoms with E-state index in [1.165, 1.54) is 0 Å². The Kier molecular flexibility index (Phi) is 3.18. The van der Waals surface area contributed by atoms with Crippen molar-refractivity contribution in [2.45, 2.75) is 31.5 Å². The van der Waals surface area contributed by atoms with Gasteiger partial charge in [-0.25, -0.2) is 0 Å². The van der Waals surface area contributed by atoms with Crippen LogP contribution in [-0.4, -0.2) is 18.1 Å². The van der Waals surface area contributed by atoms with Crippen LogP contribution in [0.3, 0.4) is 0 Å². The van der Waals surface area contributed by atoms with E-state index in [2.05, 4.69) is 11.9 Å². The number of carbonyl (C=O) groups excluding carboxylic acids is 1. The van der Waals surface area contributed by atoms with Gasteiger partial charge in [0.1, 0.15) is 0 Å². The van der Waals surface area contributed by atoms with Gasteiger partial charge >= 0.3 is 6.18 Å². The molecule has 0 aromatic heterocycles. The van der Waals surface area contributed by atoms with E-state index in [1.807, 2.05) is 0 Å². The monoisotopic (exact) mass is 207 g/mol. The lowest BCUT2D eigenvalue weighted by atomic mass is 9.78. The third-order valence-electron chi connectivity index (χ3n) is 2.29. The van der Waals surface area contributed by atoms with Crippen LogP contribution in [0, 0.1) is 5.92 Å². The first kappa shape index (κ1) is 11.1. The first-order valence-corrected chi connectivity index (χ1v) is 4.40.